The van der Waals surface area contributed by atoms with Gasteiger partial charge < -0.3 is 5.32 Å². The number of hydrogen-bond donors (Lipinski definition) is 2. The lowest BCUT2D eigenvalue weighted by Crippen LogP contribution is -2.40. The molecule has 182 valence electrons. The van der Waals surface area contributed by atoms with E-state index in [1.807, 2.05) is 61.5 Å². The molecular weight excluding hydrogens is 464 g/mol. The molecule has 3 aromatic rings. The molecule has 2 N–H and O–H groups in total. The summed E-state index contributed by atoms with van der Waals surface area (Å²) in [4.78, 5) is 23.9. The molecule has 0 saturated heterocycles. The second-order valence-corrected chi connectivity index (χ2v) is 9.93. The van der Waals surface area contributed by atoms with Crippen LogP contribution in [0, 0.1) is 6.92 Å². The summed E-state index contributed by atoms with van der Waals surface area (Å²) in [6.45, 7) is 3.03. The van der Waals surface area contributed by atoms with E-state index in [4.69, 9.17) is 0 Å². The van der Waals surface area contributed by atoms with Crippen molar-refractivity contribution >= 4 is 33.7 Å². The number of hydrazone groups is 1. The molecule has 0 unspecified atom stereocenters. The number of benzene rings is 3. The maximum Gasteiger partial charge on any atom is 0.255 e. The number of aryl methyl sites for hydroxylation is 1. The fourth-order valence-electron chi connectivity index (χ4n) is 3.37. The van der Waals surface area contributed by atoms with Gasteiger partial charge in [-0.2, -0.15) is 9.41 Å². The summed E-state index contributed by atoms with van der Waals surface area (Å²) in [6, 6.07) is 22.9. The van der Waals surface area contributed by atoms with Gasteiger partial charge in [-0.05, 0) is 48.7 Å². The van der Waals surface area contributed by atoms with Crippen LogP contribution in [0.25, 0.3) is 0 Å². The van der Waals surface area contributed by atoms with Crippen LogP contribution in [-0.2, 0) is 26.0 Å². The smallest absolute Gasteiger partial charge is 0.255 e. The normalized spacial score (nSPS) is 11.5. The number of rotatable bonds is 10. The van der Waals surface area contributed by atoms with Gasteiger partial charge in [0.15, 0.2) is 0 Å². The Morgan fingerprint density at radius 3 is 2.34 bits per heavy atom. The summed E-state index contributed by atoms with van der Waals surface area (Å²) in [5, 5.41) is 6.57. The third kappa shape index (κ3) is 7.87. The summed E-state index contributed by atoms with van der Waals surface area (Å²) in [7, 11) is -3.99. The zero-order valence-electron chi connectivity index (χ0n) is 19.6. The quantitative estimate of drug-likeness (QED) is 0.334. The first kappa shape index (κ1) is 25.8. The van der Waals surface area contributed by atoms with Crippen LogP contribution in [0.15, 0.2) is 88.9 Å². The summed E-state index contributed by atoms with van der Waals surface area (Å²) >= 11 is 0. The number of sulfonamides is 1. The fourth-order valence-corrected chi connectivity index (χ4v) is 4.77. The number of nitrogens with one attached hydrogen (secondary N) is 2. The second-order valence-electron chi connectivity index (χ2n) is 7.99. The number of amides is 2. The van der Waals surface area contributed by atoms with Crippen molar-refractivity contribution < 1.29 is 18.0 Å². The van der Waals surface area contributed by atoms with Gasteiger partial charge in [-0.25, -0.2) is 13.8 Å². The first-order chi connectivity index (χ1) is 16.7. The molecule has 0 aliphatic rings. The zero-order valence-corrected chi connectivity index (χ0v) is 20.5. The number of hydrogen-bond acceptors (Lipinski definition) is 5. The van der Waals surface area contributed by atoms with Crippen molar-refractivity contribution in [2.75, 3.05) is 18.4 Å². The fraction of sp³-hybridized carbons (Fsp3) is 0.192. The number of nitrogens with zero attached hydrogens (tertiary/aromatic N) is 2. The molecule has 0 heterocycles. The standard InChI is InChI=1S/C26H28N4O4S/c1-20-7-6-10-23(17-20)18-27-29-26(32)19-30(16-15-22-8-4-3-5-9-22)35(33,34)25-13-11-24(12-14-25)28-21(2)31/h3-14,17-18H,15-16,19H2,1-2H3,(H,28,31)(H,29,32)/b27-18-. The summed E-state index contributed by atoms with van der Waals surface area (Å²) < 4.78 is 27.9. The van der Waals surface area contributed by atoms with Crippen LogP contribution in [0.2, 0.25) is 0 Å². The molecular formula is C26H28N4O4S. The molecule has 0 aromatic heterocycles. The van der Waals surface area contributed by atoms with E-state index >= 15 is 0 Å². The lowest BCUT2D eigenvalue weighted by atomic mass is 10.1. The SMILES string of the molecule is CC(=O)Nc1ccc(S(=O)(=O)N(CCc2ccccc2)CC(=O)N/N=C\c2cccc(C)c2)cc1. The topological polar surface area (TPSA) is 108 Å². The van der Waals surface area contributed by atoms with Crippen LogP contribution >= 0.6 is 0 Å². The molecule has 0 radical (unpaired) electrons. The maximum absolute atomic E-state index is 13.4. The zero-order chi connectivity index (χ0) is 25.3. The Balaban J connectivity index is 1.75. The largest absolute Gasteiger partial charge is 0.326 e. The summed E-state index contributed by atoms with van der Waals surface area (Å²) in [6.07, 6.45) is 1.94. The molecule has 0 saturated carbocycles. The van der Waals surface area contributed by atoms with E-state index in [-0.39, 0.29) is 17.3 Å². The molecule has 0 aliphatic carbocycles. The Morgan fingerprint density at radius 1 is 0.971 bits per heavy atom. The van der Waals surface area contributed by atoms with Crippen molar-refractivity contribution in [3.8, 4) is 0 Å². The molecule has 3 rings (SSSR count). The van der Waals surface area contributed by atoms with Crippen LogP contribution in [-0.4, -0.2) is 43.8 Å². The monoisotopic (exact) mass is 492 g/mol. The van der Waals surface area contributed by atoms with Crippen molar-refractivity contribution in [2.45, 2.75) is 25.2 Å². The van der Waals surface area contributed by atoms with Gasteiger partial charge in [0, 0.05) is 19.2 Å². The van der Waals surface area contributed by atoms with Crippen LogP contribution in [0.4, 0.5) is 5.69 Å². The predicted octanol–water partition coefficient (Wildman–Crippen LogP) is 3.34. The van der Waals surface area contributed by atoms with Crippen molar-refractivity contribution in [1.82, 2.24) is 9.73 Å². The van der Waals surface area contributed by atoms with Crippen molar-refractivity contribution in [2.24, 2.45) is 5.10 Å². The first-order valence-corrected chi connectivity index (χ1v) is 12.5. The Bertz CT molecular complexity index is 1290. The van der Waals surface area contributed by atoms with E-state index in [0.29, 0.717) is 12.1 Å². The Hall–Kier alpha value is -3.82. The van der Waals surface area contributed by atoms with E-state index in [0.717, 1.165) is 21.0 Å². The highest BCUT2D eigenvalue weighted by molar-refractivity contribution is 7.89. The van der Waals surface area contributed by atoms with Crippen LogP contribution < -0.4 is 10.7 Å². The maximum atomic E-state index is 13.4. The minimum absolute atomic E-state index is 0.0238. The average Bonchev–Trinajstić information content (AvgIpc) is 2.82. The molecule has 8 nitrogen and oxygen atoms in total. The molecule has 9 heteroatoms. The number of carbonyl (C=O) groups excluding carboxylic acids is 2. The van der Waals surface area contributed by atoms with Gasteiger partial charge in [0.05, 0.1) is 17.7 Å². The van der Waals surface area contributed by atoms with Gasteiger partial charge in [-0.1, -0.05) is 60.2 Å². The Labute approximate surface area is 205 Å². The first-order valence-electron chi connectivity index (χ1n) is 11.0. The summed E-state index contributed by atoms with van der Waals surface area (Å²) in [5.41, 5.74) is 5.72. The van der Waals surface area contributed by atoms with E-state index < -0.39 is 22.5 Å². The molecule has 0 fully saturated rings. The van der Waals surface area contributed by atoms with Gasteiger partial charge >= 0.3 is 0 Å². The molecule has 0 bridgehead atoms. The van der Waals surface area contributed by atoms with Crippen LogP contribution in [0.5, 0.6) is 0 Å². The predicted molar refractivity (Wildman–Crippen MR) is 137 cm³/mol. The molecule has 35 heavy (non-hydrogen) atoms. The molecule has 0 aliphatic heterocycles. The van der Waals surface area contributed by atoms with Crippen molar-refractivity contribution in [3.63, 3.8) is 0 Å². The van der Waals surface area contributed by atoms with Gasteiger partial charge in [0.2, 0.25) is 15.9 Å². The van der Waals surface area contributed by atoms with Crippen molar-refractivity contribution in [1.29, 1.82) is 0 Å². The van der Waals surface area contributed by atoms with Gasteiger partial charge in [-0.15, -0.1) is 0 Å². The third-order valence-corrected chi connectivity index (χ3v) is 6.93. The van der Waals surface area contributed by atoms with E-state index in [1.54, 1.807) is 0 Å². The third-order valence-electron chi connectivity index (χ3n) is 5.07. The van der Waals surface area contributed by atoms with E-state index in [2.05, 4.69) is 15.8 Å². The minimum atomic E-state index is -3.99. The molecule has 0 atom stereocenters. The van der Waals surface area contributed by atoms with Gasteiger partial charge in [-0.3, -0.25) is 9.59 Å². The van der Waals surface area contributed by atoms with Gasteiger partial charge in [0.1, 0.15) is 0 Å². The highest BCUT2D eigenvalue weighted by Crippen LogP contribution is 2.19. The minimum Gasteiger partial charge on any atom is -0.326 e. The Morgan fingerprint density at radius 2 is 1.69 bits per heavy atom. The Kier molecular flexibility index (Phi) is 8.88. The molecule has 0 spiro atoms. The number of anilines is 1. The summed E-state index contributed by atoms with van der Waals surface area (Å²) in [5.74, 6) is -0.812. The average molecular weight is 493 g/mol. The highest BCUT2D eigenvalue weighted by Gasteiger charge is 2.26. The van der Waals surface area contributed by atoms with Crippen LogP contribution in [0.1, 0.15) is 23.6 Å². The second kappa shape index (κ2) is 12.0. The van der Waals surface area contributed by atoms with Gasteiger partial charge in [0.25, 0.3) is 5.91 Å². The molecule has 3 aromatic carbocycles. The van der Waals surface area contributed by atoms with E-state index in [9.17, 15) is 18.0 Å². The molecule has 2 amide bonds. The lowest BCUT2D eigenvalue weighted by molar-refractivity contribution is -0.121. The highest BCUT2D eigenvalue weighted by atomic mass is 32.2. The van der Waals surface area contributed by atoms with E-state index in [1.165, 1.54) is 37.4 Å². The van der Waals surface area contributed by atoms with Crippen molar-refractivity contribution in [3.05, 3.63) is 95.6 Å². The number of carbonyl (C=O) groups is 2. The van der Waals surface area contributed by atoms with Crippen LogP contribution in [0.3, 0.4) is 0 Å². The lowest BCUT2D eigenvalue weighted by Gasteiger charge is -2.21.